The van der Waals surface area contributed by atoms with Crippen LogP contribution in [0.1, 0.15) is 22.0 Å². The number of aromatic nitrogens is 2. The smallest absolute Gasteiger partial charge is 0.170 e. The molecule has 3 aromatic rings. The summed E-state index contributed by atoms with van der Waals surface area (Å²) in [5.74, 6) is 2.37. The van der Waals surface area contributed by atoms with E-state index >= 15 is 0 Å². The number of rotatable bonds is 4. The van der Waals surface area contributed by atoms with Gasteiger partial charge in [-0.05, 0) is 31.2 Å². The topological polar surface area (TPSA) is 50.8 Å². The molecule has 3 rings (SSSR count). The zero-order valence-corrected chi connectivity index (χ0v) is 11.4. The molecule has 0 aromatic carbocycles. The molecule has 5 heteroatoms. The number of anilines is 1. The van der Waals surface area contributed by atoms with Gasteiger partial charge in [-0.15, -0.1) is 0 Å². The van der Waals surface area contributed by atoms with Gasteiger partial charge in [0.2, 0.25) is 0 Å². The summed E-state index contributed by atoms with van der Waals surface area (Å²) in [6.07, 6.45) is 2.67. The van der Waals surface area contributed by atoms with E-state index in [0.717, 1.165) is 23.5 Å². The molecule has 0 atom stereocenters. The van der Waals surface area contributed by atoms with Gasteiger partial charge in [-0.25, -0.2) is 4.98 Å². The molecule has 20 heavy (non-hydrogen) atoms. The van der Waals surface area contributed by atoms with E-state index in [1.807, 2.05) is 55.4 Å². The van der Waals surface area contributed by atoms with Crippen molar-refractivity contribution in [2.24, 2.45) is 0 Å². The molecule has 0 fully saturated rings. The van der Waals surface area contributed by atoms with E-state index in [2.05, 4.69) is 4.98 Å². The Morgan fingerprint density at radius 2 is 2.20 bits per heavy atom. The van der Waals surface area contributed by atoms with E-state index < -0.39 is 0 Å². The Kier molecular flexibility index (Phi) is 3.02. The molecule has 0 spiro atoms. The molecular weight excluding hydrogens is 254 g/mol. The van der Waals surface area contributed by atoms with Crippen LogP contribution in [0.3, 0.4) is 0 Å². The van der Waals surface area contributed by atoms with Crippen LogP contribution in [0.2, 0.25) is 0 Å². The lowest BCUT2D eigenvalue weighted by molar-refractivity contribution is 0.111. The van der Waals surface area contributed by atoms with Crippen molar-refractivity contribution >= 4 is 17.8 Å². The first kappa shape index (κ1) is 12.5. The van der Waals surface area contributed by atoms with Crippen LogP contribution in [0.25, 0.3) is 5.65 Å². The first-order chi connectivity index (χ1) is 9.69. The van der Waals surface area contributed by atoms with Crippen molar-refractivity contribution in [3.8, 4) is 0 Å². The standard InChI is InChI=1S/C15H15N3O2/c1-11-6-7-12(20-11)9-17(2)15-13(10-19)18-8-4-3-5-14(18)16-15/h3-8,10H,9H2,1-2H3. The van der Waals surface area contributed by atoms with Gasteiger partial charge < -0.3 is 9.32 Å². The third kappa shape index (κ3) is 2.07. The van der Waals surface area contributed by atoms with Crippen LogP contribution in [0.5, 0.6) is 0 Å². The van der Waals surface area contributed by atoms with Crippen molar-refractivity contribution in [1.29, 1.82) is 0 Å². The number of pyridine rings is 1. The third-order valence-corrected chi connectivity index (χ3v) is 3.21. The van der Waals surface area contributed by atoms with Crippen LogP contribution in [0.15, 0.2) is 40.9 Å². The fourth-order valence-corrected chi connectivity index (χ4v) is 2.27. The lowest BCUT2D eigenvalue weighted by atomic mass is 10.3. The largest absolute Gasteiger partial charge is 0.464 e. The second-order valence-corrected chi connectivity index (χ2v) is 4.74. The summed E-state index contributed by atoms with van der Waals surface area (Å²) in [7, 11) is 1.90. The van der Waals surface area contributed by atoms with E-state index in [9.17, 15) is 4.79 Å². The van der Waals surface area contributed by atoms with Gasteiger partial charge in [0.05, 0.1) is 6.54 Å². The normalized spacial score (nSPS) is 10.9. The van der Waals surface area contributed by atoms with Crippen molar-refractivity contribution < 1.29 is 9.21 Å². The van der Waals surface area contributed by atoms with Gasteiger partial charge in [0, 0.05) is 13.2 Å². The summed E-state index contributed by atoms with van der Waals surface area (Å²) in [4.78, 5) is 17.8. The van der Waals surface area contributed by atoms with E-state index in [1.54, 1.807) is 4.40 Å². The van der Waals surface area contributed by atoms with Crippen molar-refractivity contribution in [2.75, 3.05) is 11.9 Å². The van der Waals surface area contributed by atoms with Crippen LogP contribution in [-0.4, -0.2) is 22.7 Å². The molecule has 0 aliphatic carbocycles. The highest BCUT2D eigenvalue weighted by atomic mass is 16.3. The molecule has 0 N–H and O–H groups in total. The van der Waals surface area contributed by atoms with Gasteiger partial charge in [-0.1, -0.05) is 6.07 Å². The molecule has 0 saturated carbocycles. The van der Waals surface area contributed by atoms with Gasteiger partial charge in [0.1, 0.15) is 22.9 Å². The van der Waals surface area contributed by atoms with Gasteiger partial charge >= 0.3 is 0 Å². The lowest BCUT2D eigenvalue weighted by Crippen LogP contribution is -2.18. The SMILES string of the molecule is Cc1ccc(CN(C)c2nc3ccccn3c2C=O)o1. The minimum atomic E-state index is 0.548. The number of imidazole rings is 1. The Labute approximate surface area is 116 Å². The lowest BCUT2D eigenvalue weighted by Gasteiger charge is -2.15. The first-order valence-electron chi connectivity index (χ1n) is 6.38. The molecule has 3 aromatic heterocycles. The van der Waals surface area contributed by atoms with Gasteiger partial charge in [0.15, 0.2) is 12.1 Å². The van der Waals surface area contributed by atoms with Gasteiger partial charge in [0.25, 0.3) is 0 Å². The molecule has 0 aliphatic rings. The van der Waals surface area contributed by atoms with Crippen LogP contribution < -0.4 is 4.90 Å². The first-order valence-corrected chi connectivity index (χ1v) is 6.38. The summed E-state index contributed by atoms with van der Waals surface area (Å²) >= 11 is 0. The molecule has 3 heterocycles. The summed E-state index contributed by atoms with van der Waals surface area (Å²) in [6, 6.07) is 9.51. The second-order valence-electron chi connectivity index (χ2n) is 4.74. The average Bonchev–Trinajstić information content (AvgIpc) is 3.01. The van der Waals surface area contributed by atoms with Gasteiger partial charge in [-0.2, -0.15) is 0 Å². The maximum atomic E-state index is 11.4. The van der Waals surface area contributed by atoms with E-state index in [1.165, 1.54) is 0 Å². The Morgan fingerprint density at radius 1 is 1.35 bits per heavy atom. The van der Waals surface area contributed by atoms with Crippen LogP contribution in [0, 0.1) is 6.92 Å². The quantitative estimate of drug-likeness (QED) is 0.683. The van der Waals surface area contributed by atoms with Crippen molar-refractivity contribution in [2.45, 2.75) is 13.5 Å². The minimum absolute atomic E-state index is 0.548. The predicted molar refractivity (Wildman–Crippen MR) is 76.1 cm³/mol. The summed E-state index contributed by atoms with van der Waals surface area (Å²) < 4.78 is 7.34. The number of aldehydes is 1. The van der Waals surface area contributed by atoms with E-state index in [0.29, 0.717) is 18.1 Å². The molecule has 0 unspecified atom stereocenters. The fraction of sp³-hybridized carbons (Fsp3) is 0.200. The number of hydrogen-bond donors (Lipinski definition) is 0. The highest BCUT2D eigenvalue weighted by Gasteiger charge is 2.16. The Morgan fingerprint density at radius 3 is 2.90 bits per heavy atom. The molecular formula is C15H15N3O2. The summed E-state index contributed by atoms with van der Waals surface area (Å²) in [6.45, 7) is 2.48. The van der Waals surface area contributed by atoms with E-state index in [-0.39, 0.29) is 0 Å². The average molecular weight is 269 g/mol. The third-order valence-electron chi connectivity index (χ3n) is 3.21. The second kappa shape index (κ2) is 4.85. The number of carbonyl (C=O) groups is 1. The number of aryl methyl sites for hydroxylation is 1. The zero-order chi connectivity index (χ0) is 14.1. The van der Waals surface area contributed by atoms with E-state index in [4.69, 9.17) is 4.42 Å². The van der Waals surface area contributed by atoms with Crippen LogP contribution in [0.4, 0.5) is 5.82 Å². The zero-order valence-electron chi connectivity index (χ0n) is 11.4. The number of fused-ring (bicyclic) bond motifs is 1. The Balaban J connectivity index is 1.98. The fourth-order valence-electron chi connectivity index (χ4n) is 2.27. The summed E-state index contributed by atoms with van der Waals surface area (Å²) in [5.41, 5.74) is 1.30. The maximum Gasteiger partial charge on any atom is 0.170 e. The van der Waals surface area contributed by atoms with Gasteiger partial charge in [-0.3, -0.25) is 9.20 Å². The molecule has 0 radical (unpaired) electrons. The predicted octanol–water partition coefficient (Wildman–Crippen LogP) is 2.68. The molecule has 0 saturated heterocycles. The Hall–Kier alpha value is -2.56. The molecule has 5 nitrogen and oxygen atoms in total. The highest BCUT2D eigenvalue weighted by Crippen LogP contribution is 2.21. The van der Waals surface area contributed by atoms with Crippen LogP contribution in [-0.2, 0) is 6.54 Å². The highest BCUT2D eigenvalue weighted by molar-refractivity contribution is 5.83. The maximum absolute atomic E-state index is 11.4. The number of carbonyl (C=O) groups excluding carboxylic acids is 1. The number of furan rings is 1. The number of nitrogens with zero attached hydrogens (tertiary/aromatic N) is 3. The minimum Gasteiger partial charge on any atom is -0.464 e. The van der Waals surface area contributed by atoms with Crippen molar-refractivity contribution in [1.82, 2.24) is 9.38 Å². The molecule has 0 amide bonds. The molecule has 102 valence electrons. The summed E-state index contributed by atoms with van der Waals surface area (Å²) in [5, 5.41) is 0. The number of hydrogen-bond acceptors (Lipinski definition) is 4. The van der Waals surface area contributed by atoms with Crippen molar-refractivity contribution in [3.63, 3.8) is 0 Å². The monoisotopic (exact) mass is 269 g/mol. The van der Waals surface area contributed by atoms with Crippen LogP contribution >= 0.6 is 0 Å². The van der Waals surface area contributed by atoms with Crippen molar-refractivity contribution in [3.05, 3.63) is 53.7 Å². The Bertz CT molecular complexity index is 757. The molecule has 0 bridgehead atoms. The molecule has 0 aliphatic heterocycles.